The average molecular weight is 462 g/mol. The van der Waals surface area contributed by atoms with Crippen LogP contribution in [0.15, 0.2) is 88.8 Å². The van der Waals surface area contributed by atoms with Gasteiger partial charge >= 0.3 is 0 Å². The van der Waals surface area contributed by atoms with Crippen molar-refractivity contribution in [2.75, 3.05) is 4.90 Å². The molecule has 33 heavy (non-hydrogen) atoms. The molecule has 2 atom stereocenters. The molecular weight excluding hydrogens is 430 g/mol. The molecule has 5 nitrogen and oxygen atoms in total. The van der Waals surface area contributed by atoms with E-state index in [9.17, 15) is 8.42 Å². The summed E-state index contributed by atoms with van der Waals surface area (Å²) >= 11 is 0. The highest BCUT2D eigenvalue weighted by molar-refractivity contribution is 7.89. The van der Waals surface area contributed by atoms with Gasteiger partial charge in [-0.2, -0.15) is 0 Å². The van der Waals surface area contributed by atoms with E-state index < -0.39 is 16.1 Å². The quantitative estimate of drug-likeness (QED) is 0.402. The molecule has 3 aromatic carbocycles. The molecule has 0 amide bonds. The number of nitrogens with one attached hydrogen (secondary N) is 1. The lowest BCUT2D eigenvalue weighted by Gasteiger charge is -2.32. The van der Waals surface area contributed by atoms with Gasteiger partial charge < -0.3 is 4.90 Å². The van der Waals surface area contributed by atoms with Crippen LogP contribution in [-0.2, 0) is 16.4 Å². The summed E-state index contributed by atoms with van der Waals surface area (Å²) < 4.78 is 29.9. The van der Waals surface area contributed by atoms with E-state index in [0.717, 1.165) is 16.8 Å². The SMILES string of the molecule is Cc1ccc(S(=O)(=O)NC(c2ccccc2)C2Cc3ccccc3N2C=NC(C)(C)C)cc1. The minimum atomic E-state index is -3.74. The zero-order valence-electron chi connectivity index (χ0n) is 19.6. The lowest BCUT2D eigenvalue weighted by atomic mass is 9.97. The fourth-order valence-corrected chi connectivity index (χ4v) is 5.34. The van der Waals surface area contributed by atoms with Crippen molar-refractivity contribution in [3.63, 3.8) is 0 Å². The minimum absolute atomic E-state index is 0.156. The van der Waals surface area contributed by atoms with Crippen molar-refractivity contribution in [2.24, 2.45) is 4.99 Å². The van der Waals surface area contributed by atoms with Gasteiger partial charge in [0, 0.05) is 5.69 Å². The van der Waals surface area contributed by atoms with Gasteiger partial charge in [-0.05, 0) is 63.4 Å². The van der Waals surface area contributed by atoms with E-state index in [1.807, 2.05) is 67.9 Å². The largest absolute Gasteiger partial charge is 0.327 e. The molecule has 0 saturated heterocycles. The Morgan fingerprint density at radius 3 is 2.27 bits per heavy atom. The summed E-state index contributed by atoms with van der Waals surface area (Å²) in [5.41, 5.74) is 3.93. The topological polar surface area (TPSA) is 61.8 Å². The van der Waals surface area contributed by atoms with E-state index in [4.69, 9.17) is 4.99 Å². The molecule has 0 aromatic heterocycles. The smallest absolute Gasteiger partial charge is 0.241 e. The van der Waals surface area contributed by atoms with Crippen LogP contribution in [0.1, 0.15) is 43.5 Å². The third-order valence-electron chi connectivity index (χ3n) is 5.78. The average Bonchev–Trinajstić information content (AvgIpc) is 3.15. The van der Waals surface area contributed by atoms with Gasteiger partial charge in [0.25, 0.3) is 0 Å². The van der Waals surface area contributed by atoms with E-state index in [1.165, 1.54) is 5.56 Å². The molecule has 0 saturated carbocycles. The second-order valence-corrected chi connectivity index (χ2v) is 11.3. The zero-order chi connectivity index (χ0) is 23.6. The van der Waals surface area contributed by atoms with Crippen LogP contribution >= 0.6 is 0 Å². The van der Waals surface area contributed by atoms with Crippen molar-refractivity contribution in [1.29, 1.82) is 0 Å². The lowest BCUT2D eigenvalue weighted by molar-refractivity contribution is 0.499. The number of anilines is 1. The molecule has 4 rings (SSSR count). The monoisotopic (exact) mass is 461 g/mol. The molecule has 172 valence electrons. The number of aliphatic imine (C=N–C) groups is 1. The Morgan fingerprint density at radius 1 is 0.970 bits per heavy atom. The summed E-state index contributed by atoms with van der Waals surface area (Å²) in [5.74, 6) is 0. The van der Waals surface area contributed by atoms with Crippen LogP contribution < -0.4 is 9.62 Å². The molecule has 1 heterocycles. The second kappa shape index (κ2) is 9.12. The van der Waals surface area contributed by atoms with Crippen LogP contribution in [-0.4, -0.2) is 26.3 Å². The molecule has 3 aromatic rings. The van der Waals surface area contributed by atoms with Gasteiger partial charge in [-0.25, -0.2) is 13.1 Å². The Bertz CT molecular complexity index is 1230. The van der Waals surface area contributed by atoms with E-state index in [0.29, 0.717) is 6.42 Å². The highest BCUT2D eigenvalue weighted by Gasteiger charge is 2.37. The van der Waals surface area contributed by atoms with Gasteiger partial charge in [0.2, 0.25) is 10.0 Å². The molecule has 6 heteroatoms. The van der Waals surface area contributed by atoms with Gasteiger partial charge in [0.05, 0.1) is 28.9 Å². The Labute approximate surface area is 197 Å². The summed E-state index contributed by atoms with van der Waals surface area (Å²) in [6, 6.07) is 24.3. The van der Waals surface area contributed by atoms with Crippen LogP contribution in [0.25, 0.3) is 0 Å². The Balaban J connectivity index is 1.77. The van der Waals surface area contributed by atoms with Crippen LogP contribution in [0.2, 0.25) is 0 Å². The lowest BCUT2D eigenvalue weighted by Crippen LogP contribution is -2.44. The number of hydrogen-bond donors (Lipinski definition) is 1. The summed E-state index contributed by atoms with van der Waals surface area (Å²) in [6.45, 7) is 8.10. The molecule has 0 aliphatic carbocycles. The number of para-hydroxylation sites is 1. The number of aryl methyl sites for hydroxylation is 1. The summed E-state index contributed by atoms with van der Waals surface area (Å²) in [5, 5.41) is 0. The maximum absolute atomic E-state index is 13.4. The summed E-state index contributed by atoms with van der Waals surface area (Å²) in [6.07, 6.45) is 2.58. The number of sulfonamides is 1. The number of benzene rings is 3. The van der Waals surface area contributed by atoms with Gasteiger partial charge in [0.15, 0.2) is 0 Å². The summed E-state index contributed by atoms with van der Waals surface area (Å²) in [7, 11) is -3.74. The Hall–Kier alpha value is -2.96. The maximum atomic E-state index is 13.4. The number of nitrogens with zero attached hydrogens (tertiary/aromatic N) is 2. The first kappa shape index (κ1) is 23.2. The van der Waals surface area contributed by atoms with Crippen molar-refractivity contribution < 1.29 is 8.42 Å². The number of hydrogen-bond acceptors (Lipinski definition) is 3. The third kappa shape index (κ3) is 5.34. The normalized spacial score (nSPS) is 17.3. The Kier molecular flexibility index (Phi) is 6.41. The predicted molar refractivity (Wildman–Crippen MR) is 135 cm³/mol. The maximum Gasteiger partial charge on any atom is 0.241 e. The minimum Gasteiger partial charge on any atom is -0.327 e. The van der Waals surface area contributed by atoms with Crippen LogP contribution in [0.3, 0.4) is 0 Å². The van der Waals surface area contributed by atoms with Gasteiger partial charge in [-0.15, -0.1) is 0 Å². The first-order valence-corrected chi connectivity index (χ1v) is 12.7. The Morgan fingerprint density at radius 2 is 1.61 bits per heavy atom. The second-order valence-electron chi connectivity index (χ2n) is 9.55. The fourth-order valence-electron chi connectivity index (χ4n) is 4.08. The van der Waals surface area contributed by atoms with Crippen molar-refractivity contribution in [3.05, 3.63) is 95.6 Å². The molecular formula is C27H31N3O2S. The van der Waals surface area contributed by atoms with Crippen molar-refractivity contribution in [2.45, 2.75) is 56.6 Å². The molecule has 0 bridgehead atoms. The van der Waals surface area contributed by atoms with Crippen LogP contribution in [0.4, 0.5) is 5.69 Å². The fraction of sp³-hybridized carbons (Fsp3) is 0.296. The first-order valence-electron chi connectivity index (χ1n) is 11.2. The molecule has 0 spiro atoms. The molecule has 2 unspecified atom stereocenters. The summed E-state index contributed by atoms with van der Waals surface area (Å²) in [4.78, 5) is 7.14. The standard InChI is InChI=1S/C27H31N3O2S/c1-20-14-16-23(17-15-20)33(31,32)29-26(21-10-6-5-7-11-21)25-18-22-12-8-9-13-24(22)30(25)19-28-27(2,3)4/h5-17,19,25-26,29H,18H2,1-4H3. The third-order valence-corrected chi connectivity index (χ3v) is 7.24. The van der Waals surface area contributed by atoms with Crippen LogP contribution in [0, 0.1) is 6.92 Å². The number of rotatable bonds is 6. The molecule has 0 radical (unpaired) electrons. The van der Waals surface area contributed by atoms with E-state index >= 15 is 0 Å². The zero-order valence-corrected chi connectivity index (χ0v) is 20.4. The predicted octanol–water partition coefficient (Wildman–Crippen LogP) is 5.27. The van der Waals surface area contributed by atoms with Crippen molar-refractivity contribution >= 4 is 22.0 Å². The van der Waals surface area contributed by atoms with Crippen molar-refractivity contribution in [1.82, 2.24) is 4.72 Å². The van der Waals surface area contributed by atoms with E-state index in [1.54, 1.807) is 12.1 Å². The first-order chi connectivity index (χ1) is 15.6. The highest BCUT2D eigenvalue weighted by Crippen LogP contribution is 2.37. The van der Waals surface area contributed by atoms with E-state index in [-0.39, 0.29) is 16.5 Å². The molecule has 1 N–H and O–H groups in total. The van der Waals surface area contributed by atoms with Gasteiger partial charge in [0.1, 0.15) is 0 Å². The number of fused-ring (bicyclic) bond motifs is 1. The molecule has 1 aliphatic heterocycles. The highest BCUT2D eigenvalue weighted by atomic mass is 32.2. The van der Waals surface area contributed by atoms with Gasteiger partial charge in [-0.1, -0.05) is 66.2 Å². The molecule has 1 aliphatic rings. The molecule has 0 fully saturated rings. The van der Waals surface area contributed by atoms with Crippen molar-refractivity contribution in [3.8, 4) is 0 Å². The van der Waals surface area contributed by atoms with E-state index in [2.05, 4.69) is 42.5 Å². The van der Waals surface area contributed by atoms with Crippen LogP contribution in [0.5, 0.6) is 0 Å². The van der Waals surface area contributed by atoms with Gasteiger partial charge in [-0.3, -0.25) is 4.99 Å².